The fraction of sp³-hybridized carbons (Fsp3) is 0.938. The molecule has 2 fully saturated rings. The molecule has 2 N–H and O–H groups in total. The summed E-state index contributed by atoms with van der Waals surface area (Å²) in [7, 11) is 0. The Labute approximate surface area is 128 Å². The molecule has 2 aliphatic heterocycles. The summed E-state index contributed by atoms with van der Waals surface area (Å²) < 4.78 is 5.50. The number of likely N-dealkylation sites (tertiary alicyclic amines) is 1. The van der Waals surface area contributed by atoms with Gasteiger partial charge in [-0.15, -0.1) is 0 Å². The van der Waals surface area contributed by atoms with E-state index in [-0.39, 0.29) is 6.09 Å². The molecular weight excluding hydrogens is 266 g/mol. The van der Waals surface area contributed by atoms with Crippen molar-refractivity contribution in [3.05, 3.63) is 0 Å². The van der Waals surface area contributed by atoms with Crippen molar-refractivity contribution >= 4 is 6.09 Å². The van der Waals surface area contributed by atoms with Crippen LogP contribution in [-0.2, 0) is 4.74 Å². The van der Waals surface area contributed by atoms with E-state index in [9.17, 15) is 4.79 Å². The predicted octanol–water partition coefficient (Wildman–Crippen LogP) is 2.12. The van der Waals surface area contributed by atoms with Crippen molar-refractivity contribution in [2.24, 2.45) is 0 Å². The van der Waals surface area contributed by atoms with Crippen LogP contribution in [0.3, 0.4) is 0 Å². The van der Waals surface area contributed by atoms with Crippen LogP contribution in [0.25, 0.3) is 0 Å². The zero-order valence-electron chi connectivity index (χ0n) is 13.8. The zero-order valence-corrected chi connectivity index (χ0v) is 13.8. The monoisotopic (exact) mass is 297 g/mol. The van der Waals surface area contributed by atoms with Crippen molar-refractivity contribution in [2.75, 3.05) is 26.2 Å². The molecule has 2 atom stereocenters. The first-order valence-electron chi connectivity index (χ1n) is 8.39. The number of nitrogens with zero attached hydrogens (tertiary/aromatic N) is 1. The Balaban J connectivity index is 1.67. The van der Waals surface area contributed by atoms with Crippen LogP contribution in [0.15, 0.2) is 0 Å². The van der Waals surface area contributed by atoms with Gasteiger partial charge < -0.3 is 20.3 Å². The van der Waals surface area contributed by atoms with E-state index in [2.05, 4.69) is 10.6 Å². The van der Waals surface area contributed by atoms with E-state index in [4.69, 9.17) is 4.74 Å². The lowest BCUT2D eigenvalue weighted by Gasteiger charge is -2.28. The summed E-state index contributed by atoms with van der Waals surface area (Å²) in [6.45, 7) is 9.77. The van der Waals surface area contributed by atoms with Crippen LogP contribution < -0.4 is 10.6 Å². The third kappa shape index (κ3) is 5.47. The molecule has 0 aromatic rings. The van der Waals surface area contributed by atoms with Crippen LogP contribution in [0.5, 0.6) is 0 Å². The maximum atomic E-state index is 12.2. The second-order valence-electron chi connectivity index (χ2n) is 7.26. The van der Waals surface area contributed by atoms with Gasteiger partial charge in [-0.1, -0.05) is 0 Å². The number of hydrogen-bond acceptors (Lipinski definition) is 4. The number of amides is 1. The molecule has 5 nitrogen and oxygen atoms in total. The second-order valence-corrected chi connectivity index (χ2v) is 7.26. The van der Waals surface area contributed by atoms with Gasteiger partial charge in [0.15, 0.2) is 0 Å². The molecule has 0 spiro atoms. The maximum absolute atomic E-state index is 12.2. The van der Waals surface area contributed by atoms with Gasteiger partial charge in [-0.25, -0.2) is 4.79 Å². The van der Waals surface area contributed by atoms with E-state index in [1.165, 1.54) is 12.8 Å². The summed E-state index contributed by atoms with van der Waals surface area (Å²) in [4.78, 5) is 14.1. The molecule has 0 radical (unpaired) electrons. The molecule has 0 bridgehead atoms. The molecule has 0 saturated carbocycles. The second kappa shape index (κ2) is 7.45. The number of ether oxygens (including phenoxy) is 1. The van der Waals surface area contributed by atoms with E-state index < -0.39 is 5.60 Å². The van der Waals surface area contributed by atoms with Gasteiger partial charge >= 0.3 is 6.09 Å². The number of carbonyl (C=O) groups is 1. The highest BCUT2D eigenvalue weighted by Gasteiger charge is 2.31. The van der Waals surface area contributed by atoms with Crippen LogP contribution in [0.1, 0.15) is 52.9 Å². The Kier molecular flexibility index (Phi) is 5.88. The van der Waals surface area contributed by atoms with Gasteiger partial charge in [0.2, 0.25) is 0 Å². The first-order valence-corrected chi connectivity index (χ1v) is 8.39. The first kappa shape index (κ1) is 16.6. The van der Waals surface area contributed by atoms with Crippen molar-refractivity contribution in [3.63, 3.8) is 0 Å². The Hall–Kier alpha value is -0.810. The molecule has 0 aliphatic carbocycles. The standard InChI is InChI=1S/C16H31N3O2/c1-16(2,3)21-15(20)19-11-5-7-14(19)8-10-17-12-13-6-4-9-18-13/h13-14,17-18H,4-12H2,1-3H3. The summed E-state index contributed by atoms with van der Waals surface area (Å²) in [5, 5.41) is 7.01. The van der Waals surface area contributed by atoms with Gasteiger partial charge in [-0.2, -0.15) is 0 Å². The average Bonchev–Trinajstić information content (AvgIpc) is 3.04. The van der Waals surface area contributed by atoms with Crippen LogP contribution in [-0.4, -0.2) is 54.9 Å². The molecule has 1 amide bonds. The van der Waals surface area contributed by atoms with Crippen LogP contribution >= 0.6 is 0 Å². The van der Waals surface area contributed by atoms with E-state index in [0.717, 1.165) is 45.4 Å². The highest BCUT2D eigenvalue weighted by Crippen LogP contribution is 2.22. The fourth-order valence-corrected chi connectivity index (χ4v) is 3.17. The molecule has 2 saturated heterocycles. The summed E-state index contributed by atoms with van der Waals surface area (Å²) in [6.07, 6.45) is 5.63. The highest BCUT2D eigenvalue weighted by atomic mass is 16.6. The first-order chi connectivity index (χ1) is 9.96. The third-order valence-corrected chi connectivity index (χ3v) is 4.21. The minimum Gasteiger partial charge on any atom is -0.444 e. The van der Waals surface area contributed by atoms with E-state index in [1.807, 2.05) is 25.7 Å². The van der Waals surface area contributed by atoms with Crippen LogP contribution in [0.2, 0.25) is 0 Å². The van der Waals surface area contributed by atoms with Gasteiger partial charge in [0.25, 0.3) is 0 Å². The van der Waals surface area contributed by atoms with Crippen molar-refractivity contribution in [3.8, 4) is 0 Å². The van der Waals surface area contributed by atoms with Crippen molar-refractivity contribution < 1.29 is 9.53 Å². The minimum absolute atomic E-state index is 0.151. The average molecular weight is 297 g/mol. The molecule has 2 rings (SSSR count). The number of nitrogens with one attached hydrogen (secondary N) is 2. The van der Waals surface area contributed by atoms with Crippen molar-refractivity contribution in [1.29, 1.82) is 0 Å². The van der Waals surface area contributed by atoms with E-state index >= 15 is 0 Å². The quantitative estimate of drug-likeness (QED) is 0.763. The summed E-state index contributed by atoms with van der Waals surface area (Å²) in [5.74, 6) is 0. The summed E-state index contributed by atoms with van der Waals surface area (Å²) >= 11 is 0. The Morgan fingerprint density at radius 2 is 2.14 bits per heavy atom. The lowest BCUT2D eigenvalue weighted by Crippen LogP contribution is -2.41. The van der Waals surface area contributed by atoms with Crippen molar-refractivity contribution in [1.82, 2.24) is 15.5 Å². The Morgan fingerprint density at radius 1 is 1.33 bits per heavy atom. The van der Waals surface area contributed by atoms with Gasteiger partial charge in [0, 0.05) is 25.2 Å². The molecule has 0 aromatic heterocycles. The largest absolute Gasteiger partial charge is 0.444 e. The predicted molar refractivity (Wildman–Crippen MR) is 84.5 cm³/mol. The number of carbonyl (C=O) groups excluding carboxylic acids is 1. The summed E-state index contributed by atoms with van der Waals surface area (Å²) in [6, 6.07) is 0.972. The molecule has 21 heavy (non-hydrogen) atoms. The fourth-order valence-electron chi connectivity index (χ4n) is 3.17. The minimum atomic E-state index is -0.406. The third-order valence-electron chi connectivity index (χ3n) is 4.21. The molecule has 0 aromatic carbocycles. The SMILES string of the molecule is CC(C)(C)OC(=O)N1CCCC1CCNCC1CCCN1. The summed E-state index contributed by atoms with van der Waals surface area (Å²) in [5.41, 5.74) is -0.406. The normalized spacial score (nSPS) is 26.3. The highest BCUT2D eigenvalue weighted by molar-refractivity contribution is 5.68. The molecule has 122 valence electrons. The lowest BCUT2D eigenvalue weighted by molar-refractivity contribution is 0.0221. The maximum Gasteiger partial charge on any atom is 0.410 e. The molecule has 2 heterocycles. The molecule has 2 unspecified atom stereocenters. The smallest absolute Gasteiger partial charge is 0.410 e. The zero-order chi connectivity index (χ0) is 15.3. The van der Waals surface area contributed by atoms with Gasteiger partial charge in [0.1, 0.15) is 5.60 Å². The van der Waals surface area contributed by atoms with Gasteiger partial charge in [-0.05, 0) is 66.0 Å². The van der Waals surface area contributed by atoms with E-state index in [1.54, 1.807) is 0 Å². The topological polar surface area (TPSA) is 53.6 Å². The van der Waals surface area contributed by atoms with Crippen molar-refractivity contribution in [2.45, 2.75) is 70.6 Å². The number of rotatable bonds is 5. The molecule has 5 heteroatoms. The van der Waals surface area contributed by atoms with Gasteiger partial charge in [0.05, 0.1) is 0 Å². The van der Waals surface area contributed by atoms with Crippen LogP contribution in [0.4, 0.5) is 4.79 Å². The van der Waals surface area contributed by atoms with Gasteiger partial charge in [-0.3, -0.25) is 0 Å². The lowest BCUT2D eigenvalue weighted by atomic mass is 10.1. The number of hydrogen-bond donors (Lipinski definition) is 2. The Bertz CT molecular complexity index is 335. The van der Waals surface area contributed by atoms with Crippen LogP contribution in [0, 0.1) is 0 Å². The molecular formula is C16H31N3O2. The Morgan fingerprint density at radius 3 is 2.81 bits per heavy atom. The van der Waals surface area contributed by atoms with E-state index in [0.29, 0.717) is 12.1 Å². The molecule has 2 aliphatic rings.